The third-order valence-corrected chi connectivity index (χ3v) is 7.00. The van der Waals surface area contributed by atoms with E-state index in [1.165, 1.54) is 30.5 Å². The van der Waals surface area contributed by atoms with Gasteiger partial charge >= 0.3 is 5.97 Å². The van der Waals surface area contributed by atoms with Crippen molar-refractivity contribution in [2.24, 2.45) is 0 Å². The number of amides is 1. The molecule has 3 aromatic rings. The highest BCUT2D eigenvalue weighted by atomic mass is 32.1. The van der Waals surface area contributed by atoms with Gasteiger partial charge in [0, 0.05) is 0 Å². The summed E-state index contributed by atoms with van der Waals surface area (Å²) in [7, 11) is 2.79. The first-order chi connectivity index (χ1) is 15.4. The lowest BCUT2D eigenvalue weighted by atomic mass is 9.95. The maximum absolute atomic E-state index is 13.3. The number of aliphatic hydroxyl groups is 1. The van der Waals surface area contributed by atoms with E-state index in [0.717, 1.165) is 11.3 Å². The number of thiazole rings is 1. The minimum absolute atomic E-state index is 0.0462. The smallest absolute Gasteiger partial charge is 0.350 e. The van der Waals surface area contributed by atoms with Crippen molar-refractivity contribution >= 4 is 45.5 Å². The van der Waals surface area contributed by atoms with E-state index in [1.54, 1.807) is 48.7 Å². The summed E-state index contributed by atoms with van der Waals surface area (Å²) in [6.07, 6.45) is 0. The van der Waals surface area contributed by atoms with Crippen molar-refractivity contribution in [3.05, 3.63) is 74.1 Å². The predicted octanol–water partition coefficient (Wildman–Crippen LogP) is 4.09. The molecule has 1 N–H and O–H groups in total. The number of esters is 1. The van der Waals surface area contributed by atoms with Gasteiger partial charge in [-0.3, -0.25) is 14.5 Å². The molecular weight excluding hydrogens is 452 g/mol. The predicted molar refractivity (Wildman–Crippen MR) is 120 cm³/mol. The van der Waals surface area contributed by atoms with Crippen LogP contribution in [0.3, 0.4) is 0 Å². The van der Waals surface area contributed by atoms with Crippen LogP contribution in [-0.2, 0) is 9.53 Å². The molecule has 1 amide bonds. The summed E-state index contributed by atoms with van der Waals surface area (Å²) < 4.78 is 10.00. The number of rotatable bonds is 6. The first kappa shape index (κ1) is 21.7. The number of nitrogens with zero attached hydrogens (tertiary/aromatic N) is 2. The summed E-state index contributed by atoms with van der Waals surface area (Å²) in [6.45, 7) is 1.63. The molecule has 32 heavy (non-hydrogen) atoms. The topological polar surface area (TPSA) is 106 Å². The zero-order chi connectivity index (χ0) is 23.0. The highest BCUT2D eigenvalue weighted by molar-refractivity contribution is 7.17. The number of ether oxygens (including phenoxy) is 2. The van der Waals surface area contributed by atoms with Crippen LogP contribution in [-0.4, -0.2) is 42.0 Å². The standard InChI is InChI=1S/C22H18N2O6S2/c1-11-19(21(28)30-3)32-22(23-11)24-16(12-6-8-13(29-2)9-7-12)15(18(26)20(24)27)17(25)14-5-4-10-31-14/h4-10,16,26H,1-3H3/t16-/m0/s1. The van der Waals surface area contributed by atoms with Crippen LogP contribution in [0.4, 0.5) is 5.13 Å². The molecule has 10 heteroatoms. The van der Waals surface area contributed by atoms with Crippen molar-refractivity contribution in [3.8, 4) is 5.75 Å². The molecule has 1 aromatic carbocycles. The van der Waals surface area contributed by atoms with Crippen molar-refractivity contribution < 1.29 is 29.0 Å². The molecule has 3 heterocycles. The molecule has 0 unspecified atom stereocenters. The van der Waals surface area contributed by atoms with Gasteiger partial charge in [-0.25, -0.2) is 9.78 Å². The second-order valence-electron chi connectivity index (χ2n) is 6.82. The number of aromatic nitrogens is 1. The van der Waals surface area contributed by atoms with Gasteiger partial charge in [0.15, 0.2) is 10.9 Å². The Bertz CT molecular complexity index is 1230. The van der Waals surface area contributed by atoms with Gasteiger partial charge in [-0.2, -0.15) is 0 Å². The van der Waals surface area contributed by atoms with E-state index in [1.807, 2.05) is 0 Å². The zero-order valence-corrected chi connectivity index (χ0v) is 19.0. The Morgan fingerprint density at radius 2 is 1.88 bits per heavy atom. The van der Waals surface area contributed by atoms with Gasteiger partial charge < -0.3 is 14.6 Å². The molecule has 4 rings (SSSR count). The van der Waals surface area contributed by atoms with Gasteiger partial charge in [-0.05, 0) is 36.1 Å². The van der Waals surface area contributed by atoms with Gasteiger partial charge in [-0.1, -0.05) is 29.5 Å². The van der Waals surface area contributed by atoms with Crippen molar-refractivity contribution in [1.82, 2.24) is 4.98 Å². The molecule has 0 bridgehead atoms. The van der Waals surface area contributed by atoms with E-state index in [9.17, 15) is 19.5 Å². The van der Waals surface area contributed by atoms with E-state index >= 15 is 0 Å². The lowest BCUT2D eigenvalue weighted by molar-refractivity contribution is -0.117. The van der Waals surface area contributed by atoms with Gasteiger partial charge in [0.1, 0.15) is 10.6 Å². The summed E-state index contributed by atoms with van der Waals surface area (Å²) in [5, 5.41) is 12.7. The second kappa shape index (κ2) is 8.56. The number of hydrogen-bond acceptors (Lipinski definition) is 9. The van der Waals surface area contributed by atoms with Gasteiger partial charge in [-0.15, -0.1) is 11.3 Å². The van der Waals surface area contributed by atoms with Crippen LogP contribution >= 0.6 is 22.7 Å². The van der Waals surface area contributed by atoms with E-state index in [-0.39, 0.29) is 15.6 Å². The van der Waals surface area contributed by atoms with Crippen LogP contribution in [0.5, 0.6) is 5.75 Å². The summed E-state index contributed by atoms with van der Waals surface area (Å²) >= 11 is 2.18. The van der Waals surface area contributed by atoms with E-state index in [4.69, 9.17) is 9.47 Å². The van der Waals surface area contributed by atoms with E-state index in [2.05, 4.69) is 4.98 Å². The minimum atomic E-state index is -0.931. The Balaban J connectivity index is 1.86. The molecule has 1 atom stereocenters. The Morgan fingerprint density at radius 1 is 1.16 bits per heavy atom. The third-order valence-electron chi connectivity index (χ3n) is 4.99. The maximum atomic E-state index is 13.3. The van der Waals surface area contributed by atoms with Crippen molar-refractivity contribution in [1.29, 1.82) is 0 Å². The lowest BCUT2D eigenvalue weighted by Crippen LogP contribution is -2.31. The molecule has 164 valence electrons. The van der Waals surface area contributed by atoms with Gasteiger partial charge in [0.05, 0.1) is 36.4 Å². The number of methoxy groups -OCH3 is 2. The highest BCUT2D eigenvalue weighted by Gasteiger charge is 2.46. The summed E-state index contributed by atoms with van der Waals surface area (Å²) in [5.74, 6) is -1.84. The highest BCUT2D eigenvalue weighted by Crippen LogP contribution is 2.44. The number of carbonyl (C=O) groups is 3. The van der Waals surface area contributed by atoms with Crippen LogP contribution in [0.15, 0.2) is 53.1 Å². The monoisotopic (exact) mass is 470 g/mol. The van der Waals surface area contributed by atoms with Gasteiger partial charge in [0.2, 0.25) is 5.78 Å². The van der Waals surface area contributed by atoms with Crippen molar-refractivity contribution in [2.45, 2.75) is 13.0 Å². The number of benzene rings is 1. The van der Waals surface area contributed by atoms with Crippen LogP contribution in [0.2, 0.25) is 0 Å². The Kier molecular flexibility index (Phi) is 5.81. The fraction of sp³-hybridized carbons (Fsp3) is 0.182. The largest absolute Gasteiger partial charge is 0.503 e. The molecule has 8 nitrogen and oxygen atoms in total. The molecule has 0 saturated heterocycles. The maximum Gasteiger partial charge on any atom is 0.350 e. The third kappa shape index (κ3) is 3.57. The molecule has 0 saturated carbocycles. The number of carbonyl (C=O) groups excluding carboxylic acids is 3. The lowest BCUT2D eigenvalue weighted by Gasteiger charge is -2.24. The number of aryl methyl sites for hydroxylation is 1. The van der Waals surface area contributed by atoms with E-state index in [0.29, 0.717) is 21.9 Å². The Morgan fingerprint density at radius 3 is 2.47 bits per heavy atom. The Labute approximate surface area is 191 Å². The second-order valence-corrected chi connectivity index (χ2v) is 8.75. The SMILES string of the molecule is COC(=O)c1sc(N2C(=O)C(O)=C(C(=O)c3cccs3)[C@@H]2c2ccc(OC)cc2)nc1C. The average Bonchev–Trinajstić information content (AvgIpc) is 3.52. The number of aliphatic hydroxyl groups excluding tert-OH is 1. The number of ketones is 1. The molecule has 1 aliphatic heterocycles. The first-order valence-electron chi connectivity index (χ1n) is 9.42. The molecule has 0 fully saturated rings. The Hall–Kier alpha value is -3.50. The summed E-state index contributed by atoms with van der Waals surface area (Å²) in [5.41, 5.74) is 0.918. The fourth-order valence-corrected chi connectivity index (χ4v) is 5.13. The van der Waals surface area contributed by atoms with Crippen LogP contribution < -0.4 is 9.64 Å². The molecule has 0 aliphatic carbocycles. The van der Waals surface area contributed by atoms with Crippen LogP contribution in [0.1, 0.15) is 36.6 Å². The number of thiophene rings is 1. The minimum Gasteiger partial charge on any atom is -0.503 e. The average molecular weight is 471 g/mol. The molecule has 2 aromatic heterocycles. The molecule has 1 aliphatic rings. The van der Waals surface area contributed by atoms with E-state index < -0.39 is 29.5 Å². The van der Waals surface area contributed by atoms with Crippen molar-refractivity contribution in [2.75, 3.05) is 19.1 Å². The van der Waals surface area contributed by atoms with Gasteiger partial charge in [0.25, 0.3) is 5.91 Å². The fourth-order valence-electron chi connectivity index (χ4n) is 3.44. The normalized spacial score (nSPS) is 15.9. The summed E-state index contributed by atoms with van der Waals surface area (Å²) in [6, 6.07) is 9.26. The summed E-state index contributed by atoms with van der Waals surface area (Å²) in [4.78, 5) is 44.7. The molecular formula is C22H18N2O6S2. The number of Topliss-reactive ketones (excluding diaryl/α,β-unsaturated/α-hetero) is 1. The molecule has 0 radical (unpaired) electrons. The quantitative estimate of drug-likeness (QED) is 0.427. The first-order valence-corrected chi connectivity index (χ1v) is 11.1. The van der Waals surface area contributed by atoms with Crippen molar-refractivity contribution in [3.63, 3.8) is 0 Å². The van der Waals surface area contributed by atoms with Crippen LogP contribution in [0.25, 0.3) is 0 Å². The number of anilines is 1. The number of hydrogen-bond donors (Lipinski definition) is 1. The molecule has 0 spiro atoms. The van der Waals surface area contributed by atoms with Crippen LogP contribution in [0, 0.1) is 6.92 Å². The zero-order valence-electron chi connectivity index (χ0n) is 17.3.